The highest BCUT2D eigenvalue weighted by Gasteiger charge is 2.32. The topological polar surface area (TPSA) is 116 Å². The monoisotopic (exact) mass is 336 g/mol. The molecule has 0 unspecified atom stereocenters. The number of ether oxygens (including phenoxy) is 1. The number of rotatable bonds is 6. The van der Waals surface area contributed by atoms with Gasteiger partial charge in [0.15, 0.2) is 9.84 Å². The molecule has 0 fully saturated rings. The molecule has 0 heterocycles. The third-order valence-electron chi connectivity index (χ3n) is 3.17. The second kappa shape index (κ2) is 5.82. The molecule has 0 aliphatic heterocycles. The Balaban J connectivity index is 3.09. The SMILES string of the molecule is COc1cc(N)ccc1S(=O)(=O)NCC(C)(C)S(C)(=O)=O. The van der Waals surface area contributed by atoms with Gasteiger partial charge in [-0.3, -0.25) is 0 Å². The van der Waals surface area contributed by atoms with Gasteiger partial charge in [-0.15, -0.1) is 0 Å². The van der Waals surface area contributed by atoms with Crippen molar-refractivity contribution in [3.63, 3.8) is 0 Å². The molecule has 7 nitrogen and oxygen atoms in total. The second-order valence-electron chi connectivity index (χ2n) is 5.27. The first-order chi connectivity index (χ1) is 9.40. The molecule has 0 aromatic heterocycles. The van der Waals surface area contributed by atoms with Gasteiger partial charge in [-0.2, -0.15) is 0 Å². The van der Waals surface area contributed by atoms with Crippen LogP contribution in [0.4, 0.5) is 5.69 Å². The summed E-state index contributed by atoms with van der Waals surface area (Å²) in [5.41, 5.74) is 5.94. The Morgan fingerprint density at radius 1 is 1.24 bits per heavy atom. The minimum absolute atomic E-state index is 0.0940. The molecule has 21 heavy (non-hydrogen) atoms. The molecule has 3 N–H and O–H groups in total. The molecule has 0 aliphatic rings. The first-order valence-corrected chi connectivity index (χ1v) is 9.41. The Labute approximate surface area is 125 Å². The van der Waals surface area contributed by atoms with Crippen LogP contribution in [-0.2, 0) is 19.9 Å². The molecule has 0 radical (unpaired) electrons. The van der Waals surface area contributed by atoms with Gasteiger partial charge >= 0.3 is 0 Å². The lowest BCUT2D eigenvalue weighted by atomic mass is 10.2. The van der Waals surface area contributed by atoms with E-state index >= 15 is 0 Å². The second-order valence-corrected chi connectivity index (χ2v) is 9.65. The summed E-state index contributed by atoms with van der Waals surface area (Å²) >= 11 is 0. The van der Waals surface area contributed by atoms with Crippen LogP contribution in [0.5, 0.6) is 5.75 Å². The first kappa shape index (κ1) is 17.7. The number of nitrogens with two attached hydrogens (primary N) is 1. The molecule has 0 bridgehead atoms. The number of anilines is 1. The third-order valence-corrected chi connectivity index (χ3v) is 6.76. The first-order valence-electron chi connectivity index (χ1n) is 6.03. The van der Waals surface area contributed by atoms with Gasteiger partial charge in [0.05, 0.1) is 11.9 Å². The molecule has 1 aromatic rings. The van der Waals surface area contributed by atoms with E-state index in [-0.39, 0.29) is 17.2 Å². The number of hydrogen-bond donors (Lipinski definition) is 2. The van der Waals surface area contributed by atoms with E-state index in [1.807, 2.05) is 0 Å². The smallest absolute Gasteiger partial charge is 0.244 e. The normalized spacial score (nSPS) is 13.1. The highest BCUT2D eigenvalue weighted by atomic mass is 32.2. The number of nitrogens with one attached hydrogen (secondary N) is 1. The highest BCUT2D eigenvalue weighted by molar-refractivity contribution is 7.92. The van der Waals surface area contributed by atoms with Gasteiger partial charge in [0.2, 0.25) is 10.0 Å². The zero-order valence-corrected chi connectivity index (χ0v) is 14.0. The third kappa shape index (κ3) is 4.08. The molecule has 9 heteroatoms. The zero-order valence-electron chi connectivity index (χ0n) is 12.4. The van der Waals surface area contributed by atoms with Crippen LogP contribution >= 0.6 is 0 Å². The van der Waals surface area contributed by atoms with Crippen molar-refractivity contribution in [2.75, 3.05) is 25.6 Å². The number of nitrogen functional groups attached to an aromatic ring is 1. The Hall–Kier alpha value is -1.32. The average Bonchev–Trinajstić information content (AvgIpc) is 2.35. The van der Waals surface area contributed by atoms with Crippen molar-refractivity contribution in [2.24, 2.45) is 0 Å². The highest BCUT2D eigenvalue weighted by Crippen LogP contribution is 2.26. The lowest BCUT2D eigenvalue weighted by Crippen LogP contribution is -2.43. The van der Waals surface area contributed by atoms with E-state index in [1.165, 1.54) is 39.2 Å². The van der Waals surface area contributed by atoms with E-state index in [1.54, 1.807) is 0 Å². The van der Waals surface area contributed by atoms with Crippen LogP contribution in [0.1, 0.15) is 13.8 Å². The van der Waals surface area contributed by atoms with Crippen LogP contribution < -0.4 is 15.2 Å². The van der Waals surface area contributed by atoms with E-state index in [4.69, 9.17) is 10.5 Å². The maximum atomic E-state index is 12.3. The molecule has 0 aliphatic carbocycles. The molecular weight excluding hydrogens is 316 g/mol. The molecule has 0 saturated heterocycles. The van der Waals surface area contributed by atoms with Gasteiger partial charge in [0.1, 0.15) is 10.6 Å². The molecule has 120 valence electrons. The summed E-state index contributed by atoms with van der Waals surface area (Å²) in [4.78, 5) is -0.0940. The predicted octanol–water partition coefficient (Wildman–Crippen LogP) is 0.379. The maximum Gasteiger partial charge on any atom is 0.244 e. The van der Waals surface area contributed by atoms with Gasteiger partial charge < -0.3 is 10.5 Å². The summed E-state index contributed by atoms with van der Waals surface area (Å²) in [7, 11) is -5.99. The molecule has 0 spiro atoms. The average molecular weight is 336 g/mol. The van der Waals surface area contributed by atoms with Crippen LogP contribution in [0, 0.1) is 0 Å². The Kier molecular flexibility index (Phi) is 4.91. The summed E-state index contributed by atoms with van der Waals surface area (Å²) in [6, 6.07) is 4.12. The van der Waals surface area contributed by atoms with Crippen molar-refractivity contribution in [3.8, 4) is 5.75 Å². The minimum atomic E-state index is -3.91. The quantitative estimate of drug-likeness (QED) is 0.726. The fourth-order valence-electron chi connectivity index (χ4n) is 1.38. The molecule has 1 rings (SSSR count). The van der Waals surface area contributed by atoms with E-state index in [0.717, 1.165) is 6.26 Å². The van der Waals surface area contributed by atoms with Crippen LogP contribution in [0.15, 0.2) is 23.1 Å². The molecular formula is C12H20N2O5S2. The summed E-state index contributed by atoms with van der Waals surface area (Å²) in [6.07, 6.45) is 1.06. The predicted molar refractivity (Wildman–Crippen MR) is 81.5 cm³/mol. The van der Waals surface area contributed by atoms with E-state index in [2.05, 4.69) is 4.72 Å². The van der Waals surface area contributed by atoms with Gasteiger partial charge in [-0.05, 0) is 26.0 Å². The van der Waals surface area contributed by atoms with Crippen LogP contribution in [0.25, 0.3) is 0 Å². The fraction of sp³-hybridized carbons (Fsp3) is 0.500. The summed E-state index contributed by atoms with van der Waals surface area (Å²) in [5, 5.41) is 0. The zero-order chi connectivity index (χ0) is 16.5. The van der Waals surface area contributed by atoms with E-state index in [9.17, 15) is 16.8 Å². The van der Waals surface area contributed by atoms with Gasteiger partial charge in [-0.25, -0.2) is 21.6 Å². The number of sulfonamides is 1. The van der Waals surface area contributed by atoms with Crippen molar-refractivity contribution in [1.82, 2.24) is 4.72 Å². The van der Waals surface area contributed by atoms with Crippen molar-refractivity contribution < 1.29 is 21.6 Å². The Morgan fingerprint density at radius 2 is 1.81 bits per heavy atom. The Bertz CT molecular complexity index is 724. The molecule has 1 aromatic carbocycles. The van der Waals surface area contributed by atoms with E-state index in [0.29, 0.717) is 5.69 Å². The molecule has 0 saturated carbocycles. The Morgan fingerprint density at radius 3 is 2.29 bits per heavy atom. The van der Waals surface area contributed by atoms with Crippen molar-refractivity contribution in [3.05, 3.63) is 18.2 Å². The van der Waals surface area contributed by atoms with Crippen molar-refractivity contribution in [1.29, 1.82) is 0 Å². The lowest BCUT2D eigenvalue weighted by Gasteiger charge is -2.23. The van der Waals surface area contributed by atoms with Crippen molar-refractivity contribution in [2.45, 2.75) is 23.5 Å². The maximum absolute atomic E-state index is 12.3. The molecule has 0 amide bonds. The van der Waals surface area contributed by atoms with Gasteiger partial charge in [0.25, 0.3) is 0 Å². The number of methoxy groups -OCH3 is 1. The lowest BCUT2D eigenvalue weighted by molar-refractivity contribution is 0.402. The number of benzene rings is 1. The van der Waals surface area contributed by atoms with Crippen LogP contribution in [0.3, 0.4) is 0 Å². The summed E-state index contributed by atoms with van der Waals surface area (Å²) < 4.78 is 53.8. The van der Waals surface area contributed by atoms with Gasteiger partial charge in [0, 0.05) is 24.6 Å². The largest absolute Gasteiger partial charge is 0.495 e. The van der Waals surface area contributed by atoms with Crippen LogP contribution in [0.2, 0.25) is 0 Å². The standard InChI is InChI=1S/C12H20N2O5S2/c1-12(2,20(4,15)16)8-14-21(17,18)11-6-5-9(13)7-10(11)19-3/h5-7,14H,8,13H2,1-4H3. The number of sulfone groups is 1. The molecule has 0 atom stereocenters. The van der Waals surface area contributed by atoms with E-state index < -0.39 is 24.6 Å². The van der Waals surface area contributed by atoms with Crippen molar-refractivity contribution >= 4 is 25.5 Å². The fourth-order valence-corrected chi connectivity index (χ4v) is 3.17. The summed E-state index contributed by atoms with van der Waals surface area (Å²) in [6.45, 7) is 2.65. The van der Waals surface area contributed by atoms with Crippen LogP contribution in [-0.4, -0.2) is 41.5 Å². The minimum Gasteiger partial charge on any atom is -0.495 e. The van der Waals surface area contributed by atoms with Gasteiger partial charge in [-0.1, -0.05) is 0 Å². The number of hydrogen-bond acceptors (Lipinski definition) is 6. The summed E-state index contributed by atoms with van der Waals surface area (Å²) in [5.74, 6) is 0.0969.